The minimum Gasteiger partial charge on any atom is -0.339 e. The van der Waals surface area contributed by atoms with Crippen LogP contribution in [0.1, 0.15) is 50.6 Å². The van der Waals surface area contributed by atoms with Gasteiger partial charge in [0, 0.05) is 18.4 Å². The molecule has 0 bridgehead atoms. The average molecular weight is 297 g/mol. The van der Waals surface area contributed by atoms with Gasteiger partial charge in [0.15, 0.2) is 5.82 Å². The first kappa shape index (κ1) is 14.7. The maximum Gasteiger partial charge on any atom is 0.255 e. The lowest BCUT2D eigenvalue weighted by Crippen LogP contribution is -2.26. The van der Waals surface area contributed by atoms with Gasteiger partial charge in [-0.1, -0.05) is 37.5 Å². The Morgan fingerprint density at radius 2 is 2.15 bits per heavy atom. The van der Waals surface area contributed by atoms with Crippen molar-refractivity contribution < 1.29 is 4.52 Å². The molecular weight excluding hydrogens is 280 g/mol. The van der Waals surface area contributed by atoms with E-state index in [0.717, 1.165) is 12.8 Å². The van der Waals surface area contributed by atoms with Crippen molar-refractivity contribution in [2.45, 2.75) is 46.1 Å². The summed E-state index contributed by atoms with van der Waals surface area (Å²) in [7, 11) is 0. The van der Waals surface area contributed by atoms with Crippen LogP contribution in [-0.2, 0) is 13.0 Å². The first-order valence-corrected chi connectivity index (χ1v) is 6.97. The fourth-order valence-electron chi connectivity index (χ4n) is 1.91. The van der Waals surface area contributed by atoms with E-state index in [2.05, 4.69) is 15.1 Å². The fourth-order valence-corrected chi connectivity index (χ4v) is 2.09. The lowest BCUT2D eigenvalue weighted by atomic mass is 10.2. The molecule has 2 aromatic rings. The topological polar surface area (TPSA) is 73.8 Å². The number of aromatic nitrogens is 4. The molecule has 0 aliphatic heterocycles. The summed E-state index contributed by atoms with van der Waals surface area (Å²) in [5, 5.41) is 4.09. The van der Waals surface area contributed by atoms with E-state index < -0.39 is 0 Å². The Kier molecular flexibility index (Phi) is 4.54. The van der Waals surface area contributed by atoms with Crippen LogP contribution >= 0.6 is 11.6 Å². The van der Waals surface area contributed by atoms with Crippen LogP contribution in [0, 0.1) is 0 Å². The zero-order valence-corrected chi connectivity index (χ0v) is 12.5. The zero-order chi connectivity index (χ0) is 14.7. The molecule has 6 nitrogen and oxygen atoms in total. The Morgan fingerprint density at radius 3 is 2.80 bits per heavy atom. The van der Waals surface area contributed by atoms with Gasteiger partial charge in [-0.2, -0.15) is 4.98 Å². The predicted octanol–water partition coefficient (Wildman–Crippen LogP) is 2.40. The van der Waals surface area contributed by atoms with Gasteiger partial charge >= 0.3 is 0 Å². The molecule has 0 aromatic carbocycles. The van der Waals surface area contributed by atoms with Crippen molar-refractivity contribution >= 4 is 11.6 Å². The predicted molar refractivity (Wildman–Crippen MR) is 75.0 cm³/mol. The summed E-state index contributed by atoms with van der Waals surface area (Å²) in [5.41, 5.74) is -0.212. The van der Waals surface area contributed by atoms with Gasteiger partial charge in [-0.15, -0.1) is 0 Å². The zero-order valence-electron chi connectivity index (χ0n) is 11.8. The number of rotatable bonds is 5. The van der Waals surface area contributed by atoms with E-state index in [4.69, 9.17) is 16.1 Å². The van der Waals surface area contributed by atoms with E-state index in [9.17, 15) is 4.79 Å². The first-order valence-electron chi connectivity index (χ1n) is 6.60. The van der Waals surface area contributed by atoms with Crippen molar-refractivity contribution in [1.29, 1.82) is 0 Å². The van der Waals surface area contributed by atoms with Crippen molar-refractivity contribution in [3.63, 3.8) is 0 Å². The molecule has 2 heterocycles. The van der Waals surface area contributed by atoms with Crippen LogP contribution in [0.2, 0.25) is 5.15 Å². The first-order chi connectivity index (χ1) is 9.51. The molecule has 0 aliphatic carbocycles. The largest absolute Gasteiger partial charge is 0.339 e. The summed E-state index contributed by atoms with van der Waals surface area (Å²) in [4.78, 5) is 20.5. The van der Waals surface area contributed by atoms with E-state index >= 15 is 0 Å². The maximum absolute atomic E-state index is 12.1. The average Bonchev–Trinajstić information content (AvgIpc) is 2.80. The molecule has 2 rings (SSSR count). The van der Waals surface area contributed by atoms with Crippen LogP contribution in [0.4, 0.5) is 0 Å². The molecular formula is C13H17ClN4O2. The molecule has 0 spiro atoms. The molecule has 0 unspecified atom stereocenters. The van der Waals surface area contributed by atoms with E-state index in [1.54, 1.807) is 0 Å². The molecule has 0 saturated heterocycles. The summed E-state index contributed by atoms with van der Waals surface area (Å²) in [6.07, 6.45) is 1.67. The van der Waals surface area contributed by atoms with E-state index in [1.807, 2.05) is 20.8 Å². The van der Waals surface area contributed by atoms with E-state index in [-0.39, 0.29) is 23.2 Å². The monoisotopic (exact) mass is 296 g/mol. The lowest BCUT2D eigenvalue weighted by Gasteiger charge is -2.12. The van der Waals surface area contributed by atoms with Crippen LogP contribution in [0.3, 0.4) is 0 Å². The normalized spacial score (nSPS) is 11.2. The number of halogens is 1. The second-order valence-corrected chi connectivity index (χ2v) is 5.26. The van der Waals surface area contributed by atoms with Gasteiger partial charge < -0.3 is 4.52 Å². The van der Waals surface area contributed by atoms with Crippen LogP contribution in [0.5, 0.6) is 0 Å². The number of hydrogen-bond donors (Lipinski definition) is 0. The highest BCUT2D eigenvalue weighted by Gasteiger charge is 2.14. The molecule has 0 atom stereocenters. The number of nitrogens with zero attached hydrogens (tertiary/aromatic N) is 4. The standard InChI is InChI=1S/C13H17ClN4O2/c1-4-5-11-16-10(17-20-11)7-18-12(19)6-9(14)15-13(18)8(2)3/h6,8H,4-5,7H2,1-3H3. The number of aryl methyl sites for hydroxylation is 1. The molecule has 7 heteroatoms. The third-order valence-corrected chi connectivity index (χ3v) is 2.99. The van der Waals surface area contributed by atoms with Gasteiger partial charge in [0.2, 0.25) is 5.89 Å². The molecule has 0 N–H and O–H groups in total. The van der Waals surface area contributed by atoms with Gasteiger partial charge in [0.1, 0.15) is 11.0 Å². The molecule has 2 aromatic heterocycles. The smallest absolute Gasteiger partial charge is 0.255 e. The van der Waals surface area contributed by atoms with Gasteiger partial charge in [0.25, 0.3) is 5.56 Å². The quantitative estimate of drug-likeness (QED) is 0.792. The molecule has 0 aliphatic rings. The van der Waals surface area contributed by atoms with Crippen molar-refractivity contribution in [1.82, 2.24) is 19.7 Å². The Balaban J connectivity index is 2.34. The summed E-state index contributed by atoms with van der Waals surface area (Å²) >= 11 is 5.84. The molecule has 20 heavy (non-hydrogen) atoms. The SMILES string of the molecule is CCCc1nc(Cn2c(C(C)C)nc(Cl)cc2=O)no1. The Morgan fingerprint density at radius 1 is 1.40 bits per heavy atom. The van der Waals surface area contributed by atoms with Crippen molar-refractivity contribution in [2.24, 2.45) is 0 Å². The molecule has 0 saturated carbocycles. The highest BCUT2D eigenvalue weighted by atomic mass is 35.5. The van der Waals surface area contributed by atoms with Crippen LogP contribution in [-0.4, -0.2) is 19.7 Å². The van der Waals surface area contributed by atoms with Gasteiger partial charge in [-0.25, -0.2) is 4.98 Å². The molecule has 108 valence electrons. The summed E-state index contributed by atoms with van der Waals surface area (Å²) < 4.78 is 6.64. The number of hydrogen-bond acceptors (Lipinski definition) is 5. The van der Waals surface area contributed by atoms with Gasteiger partial charge in [-0.05, 0) is 6.42 Å². The third-order valence-electron chi connectivity index (χ3n) is 2.80. The second-order valence-electron chi connectivity index (χ2n) is 4.87. The maximum atomic E-state index is 12.1. The van der Waals surface area contributed by atoms with E-state index in [1.165, 1.54) is 10.6 Å². The summed E-state index contributed by atoms with van der Waals surface area (Å²) in [6, 6.07) is 1.29. The molecule has 0 amide bonds. The van der Waals surface area contributed by atoms with Gasteiger partial charge in [-0.3, -0.25) is 9.36 Å². The van der Waals surface area contributed by atoms with Crippen LogP contribution < -0.4 is 5.56 Å². The highest BCUT2D eigenvalue weighted by Crippen LogP contribution is 2.13. The Labute approximate surface area is 121 Å². The highest BCUT2D eigenvalue weighted by molar-refractivity contribution is 6.29. The van der Waals surface area contributed by atoms with Crippen molar-refractivity contribution in [3.05, 3.63) is 39.1 Å². The molecule has 0 fully saturated rings. The lowest BCUT2D eigenvalue weighted by molar-refractivity contribution is 0.370. The third kappa shape index (κ3) is 3.25. The Bertz CT molecular complexity index is 648. The van der Waals surface area contributed by atoms with Gasteiger partial charge in [0.05, 0.1) is 6.54 Å². The summed E-state index contributed by atoms with van der Waals surface area (Å²) in [6.45, 7) is 6.18. The van der Waals surface area contributed by atoms with E-state index in [0.29, 0.717) is 17.5 Å². The van der Waals surface area contributed by atoms with Crippen LogP contribution in [0.15, 0.2) is 15.4 Å². The molecule has 0 radical (unpaired) electrons. The minimum atomic E-state index is -0.212. The minimum absolute atomic E-state index is 0.0726. The second kappa shape index (κ2) is 6.17. The van der Waals surface area contributed by atoms with Crippen molar-refractivity contribution in [2.75, 3.05) is 0 Å². The fraction of sp³-hybridized carbons (Fsp3) is 0.538. The summed E-state index contributed by atoms with van der Waals surface area (Å²) in [5.74, 6) is 1.75. The Hall–Kier alpha value is -1.69. The van der Waals surface area contributed by atoms with Crippen molar-refractivity contribution in [3.8, 4) is 0 Å². The van der Waals surface area contributed by atoms with Crippen LogP contribution in [0.25, 0.3) is 0 Å².